The first-order chi connectivity index (χ1) is 6.61. The molecule has 2 heteroatoms. The normalized spacial score (nSPS) is 29.6. The summed E-state index contributed by atoms with van der Waals surface area (Å²) < 4.78 is 0. The predicted molar refractivity (Wildman–Crippen MR) is 62.4 cm³/mol. The van der Waals surface area contributed by atoms with E-state index in [0.29, 0.717) is 12.1 Å². The van der Waals surface area contributed by atoms with Crippen LogP contribution in [-0.4, -0.2) is 29.6 Å². The smallest absolute Gasteiger partial charge is 0.00843 e. The zero-order valence-corrected chi connectivity index (χ0v) is 10.00. The first-order valence-electron chi connectivity index (χ1n) is 6.12. The zero-order chi connectivity index (χ0) is 10.6. The third-order valence-corrected chi connectivity index (χ3v) is 3.38. The summed E-state index contributed by atoms with van der Waals surface area (Å²) in [6.07, 6.45) is 6.68. The molecule has 1 saturated heterocycles. The third kappa shape index (κ3) is 3.58. The maximum absolute atomic E-state index is 5.86. The van der Waals surface area contributed by atoms with Gasteiger partial charge in [-0.1, -0.05) is 12.8 Å². The van der Waals surface area contributed by atoms with E-state index in [1.54, 1.807) is 0 Å². The Balaban J connectivity index is 2.45. The van der Waals surface area contributed by atoms with Gasteiger partial charge in [0.1, 0.15) is 0 Å². The minimum absolute atomic E-state index is 0.334. The van der Waals surface area contributed by atoms with Gasteiger partial charge in [0.05, 0.1) is 0 Å². The van der Waals surface area contributed by atoms with Crippen molar-refractivity contribution in [1.82, 2.24) is 4.90 Å². The van der Waals surface area contributed by atoms with Crippen LogP contribution in [0.1, 0.15) is 52.9 Å². The average Bonchev–Trinajstić information content (AvgIpc) is 2.28. The molecular weight excluding hydrogens is 172 g/mol. The lowest BCUT2D eigenvalue weighted by Crippen LogP contribution is -2.42. The van der Waals surface area contributed by atoms with Crippen molar-refractivity contribution in [2.75, 3.05) is 6.54 Å². The molecule has 14 heavy (non-hydrogen) atoms. The van der Waals surface area contributed by atoms with E-state index in [9.17, 15) is 0 Å². The molecular formula is C12H26N2. The molecule has 0 bridgehead atoms. The molecule has 3 atom stereocenters. The quantitative estimate of drug-likeness (QED) is 0.754. The van der Waals surface area contributed by atoms with E-state index in [1.165, 1.54) is 32.2 Å². The molecule has 0 aromatic rings. The fourth-order valence-corrected chi connectivity index (χ4v) is 2.63. The summed E-state index contributed by atoms with van der Waals surface area (Å²) in [6, 6.07) is 1.75. The number of rotatable bonds is 3. The van der Waals surface area contributed by atoms with E-state index in [0.717, 1.165) is 12.5 Å². The van der Waals surface area contributed by atoms with Gasteiger partial charge in [0.15, 0.2) is 0 Å². The molecule has 2 N–H and O–H groups in total. The van der Waals surface area contributed by atoms with Crippen LogP contribution in [0.15, 0.2) is 0 Å². The number of hydrogen-bond acceptors (Lipinski definition) is 2. The minimum atomic E-state index is 0.334. The Hall–Kier alpha value is -0.0800. The standard InChI is InChI=1S/C12H26N2/c1-10(13)9-12(3)14-8-6-4-5-7-11(14)2/h10-12H,4-9,13H2,1-3H3. The summed E-state index contributed by atoms with van der Waals surface area (Å²) in [5.41, 5.74) is 5.86. The second-order valence-corrected chi connectivity index (χ2v) is 5.00. The highest BCUT2D eigenvalue weighted by atomic mass is 15.2. The van der Waals surface area contributed by atoms with Crippen LogP contribution in [0.5, 0.6) is 0 Å². The lowest BCUT2D eigenvalue weighted by molar-refractivity contribution is 0.146. The van der Waals surface area contributed by atoms with Crippen LogP contribution in [0.4, 0.5) is 0 Å². The van der Waals surface area contributed by atoms with Crippen molar-refractivity contribution in [1.29, 1.82) is 0 Å². The Morgan fingerprint density at radius 2 is 2.00 bits per heavy atom. The van der Waals surface area contributed by atoms with E-state index in [1.807, 2.05) is 0 Å². The highest BCUT2D eigenvalue weighted by molar-refractivity contribution is 4.78. The van der Waals surface area contributed by atoms with Crippen LogP contribution < -0.4 is 5.73 Å². The Kier molecular flexibility index (Phi) is 4.90. The molecule has 0 radical (unpaired) electrons. The first-order valence-corrected chi connectivity index (χ1v) is 6.12. The molecule has 0 aromatic carbocycles. The minimum Gasteiger partial charge on any atom is -0.328 e. The predicted octanol–water partition coefficient (Wildman–Crippen LogP) is 2.38. The molecule has 0 amide bonds. The van der Waals surface area contributed by atoms with Crippen molar-refractivity contribution in [2.45, 2.75) is 71.0 Å². The van der Waals surface area contributed by atoms with Crippen LogP contribution in [0, 0.1) is 0 Å². The lowest BCUT2D eigenvalue weighted by Gasteiger charge is -2.34. The Bertz CT molecular complexity index is 156. The maximum Gasteiger partial charge on any atom is 0.00843 e. The van der Waals surface area contributed by atoms with Gasteiger partial charge < -0.3 is 5.73 Å². The molecule has 1 fully saturated rings. The van der Waals surface area contributed by atoms with Gasteiger partial charge in [0.2, 0.25) is 0 Å². The topological polar surface area (TPSA) is 29.3 Å². The molecule has 1 aliphatic heterocycles. The van der Waals surface area contributed by atoms with E-state index in [4.69, 9.17) is 5.73 Å². The highest BCUT2D eigenvalue weighted by Gasteiger charge is 2.22. The van der Waals surface area contributed by atoms with Gasteiger partial charge in [-0.05, 0) is 46.6 Å². The van der Waals surface area contributed by atoms with Crippen LogP contribution in [0.25, 0.3) is 0 Å². The molecule has 3 unspecified atom stereocenters. The number of likely N-dealkylation sites (tertiary alicyclic amines) is 1. The number of hydrogen-bond donors (Lipinski definition) is 1. The average molecular weight is 198 g/mol. The third-order valence-electron chi connectivity index (χ3n) is 3.38. The van der Waals surface area contributed by atoms with Crippen molar-refractivity contribution in [3.63, 3.8) is 0 Å². The van der Waals surface area contributed by atoms with Gasteiger partial charge in [0.25, 0.3) is 0 Å². The largest absolute Gasteiger partial charge is 0.328 e. The molecule has 0 saturated carbocycles. The molecule has 2 nitrogen and oxygen atoms in total. The van der Waals surface area contributed by atoms with Gasteiger partial charge in [-0.15, -0.1) is 0 Å². The van der Waals surface area contributed by atoms with Crippen LogP contribution in [0.2, 0.25) is 0 Å². The van der Waals surface area contributed by atoms with Crippen LogP contribution >= 0.6 is 0 Å². The molecule has 1 rings (SSSR count). The lowest BCUT2D eigenvalue weighted by atomic mass is 10.1. The van der Waals surface area contributed by atoms with E-state index < -0.39 is 0 Å². The monoisotopic (exact) mass is 198 g/mol. The molecule has 84 valence electrons. The Morgan fingerprint density at radius 1 is 1.29 bits per heavy atom. The second kappa shape index (κ2) is 5.72. The molecule has 0 spiro atoms. The first kappa shape index (κ1) is 12.0. The van der Waals surface area contributed by atoms with Gasteiger partial charge in [-0.3, -0.25) is 4.90 Å². The fourth-order valence-electron chi connectivity index (χ4n) is 2.63. The summed E-state index contributed by atoms with van der Waals surface area (Å²) >= 11 is 0. The van der Waals surface area contributed by atoms with Crippen LogP contribution in [-0.2, 0) is 0 Å². The Morgan fingerprint density at radius 3 is 2.64 bits per heavy atom. The van der Waals surface area contributed by atoms with Crippen molar-refractivity contribution in [3.8, 4) is 0 Å². The van der Waals surface area contributed by atoms with E-state index >= 15 is 0 Å². The fraction of sp³-hybridized carbons (Fsp3) is 1.00. The highest BCUT2D eigenvalue weighted by Crippen LogP contribution is 2.20. The summed E-state index contributed by atoms with van der Waals surface area (Å²) in [5, 5.41) is 0. The number of nitrogens with two attached hydrogens (primary N) is 1. The molecule has 1 heterocycles. The molecule has 0 aromatic heterocycles. The van der Waals surface area contributed by atoms with Crippen molar-refractivity contribution >= 4 is 0 Å². The van der Waals surface area contributed by atoms with Crippen LogP contribution in [0.3, 0.4) is 0 Å². The van der Waals surface area contributed by atoms with Crippen molar-refractivity contribution < 1.29 is 0 Å². The Labute approximate surface area is 88.8 Å². The van der Waals surface area contributed by atoms with Crippen molar-refractivity contribution in [3.05, 3.63) is 0 Å². The van der Waals surface area contributed by atoms with Gasteiger partial charge in [-0.2, -0.15) is 0 Å². The SMILES string of the molecule is CC(N)CC(C)N1CCCCCC1C. The second-order valence-electron chi connectivity index (χ2n) is 5.00. The number of nitrogens with zero attached hydrogens (tertiary/aromatic N) is 1. The van der Waals surface area contributed by atoms with Gasteiger partial charge >= 0.3 is 0 Å². The van der Waals surface area contributed by atoms with Gasteiger partial charge in [-0.25, -0.2) is 0 Å². The van der Waals surface area contributed by atoms with Gasteiger partial charge in [0, 0.05) is 18.1 Å². The summed E-state index contributed by atoms with van der Waals surface area (Å²) in [7, 11) is 0. The summed E-state index contributed by atoms with van der Waals surface area (Å²) in [6.45, 7) is 8.07. The van der Waals surface area contributed by atoms with E-state index in [2.05, 4.69) is 25.7 Å². The van der Waals surface area contributed by atoms with Crippen molar-refractivity contribution in [2.24, 2.45) is 5.73 Å². The molecule has 0 aliphatic carbocycles. The molecule has 1 aliphatic rings. The van der Waals surface area contributed by atoms with E-state index in [-0.39, 0.29) is 0 Å². The summed E-state index contributed by atoms with van der Waals surface area (Å²) in [4.78, 5) is 2.65. The maximum atomic E-state index is 5.86. The summed E-state index contributed by atoms with van der Waals surface area (Å²) in [5.74, 6) is 0. The zero-order valence-electron chi connectivity index (χ0n) is 10.00.